The number of benzene rings is 2. The Labute approximate surface area is 185 Å². The quantitative estimate of drug-likeness (QED) is 0.680. The van der Waals surface area contributed by atoms with Gasteiger partial charge in [-0.25, -0.2) is 4.39 Å². The molecule has 3 aromatic rings. The third kappa shape index (κ3) is 2.85. The van der Waals surface area contributed by atoms with E-state index in [0.29, 0.717) is 35.1 Å². The molecule has 0 atom stereocenters. The molecule has 32 heavy (non-hydrogen) atoms. The summed E-state index contributed by atoms with van der Waals surface area (Å²) in [5.74, 6) is -0.500. The van der Waals surface area contributed by atoms with Gasteiger partial charge in [-0.05, 0) is 55.0 Å². The van der Waals surface area contributed by atoms with Crippen LogP contribution in [0.4, 0.5) is 4.39 Å². The van der Waals surface area contributed by atoms with E-state index < -0.39 is 0 Å². The maximum Gasteiger partial charge on any atom is 0.256 e. The van der Waals surface area contributed by atoms with Crippen molar-refractivity contribution in [1.29, 1.82) is 5.26 Å². The normalized spacial score (nSPS) is 20.5. The van der Waals surface area contributed by atoms with Gasteiger partial charge in [-0.3, -0.25) is 9.78 Å². The van der Waals surface area contributed by atoms with E-state index in [1.54, 1.807) is 17.2 Å². The number of aliphatic hydroxyl groups excluding tert-OH is 1. The van der Waals surface area contributed by atoms with Crippen molar-refractivity contribution in [2.45, 2.75) is 37.2 Å². The first kappa shape index (κ1) is 19.4. The van der Waals surface area contributed by atoms with E-state index in [0.717, 1.165) is 36.8 Å². The molecular formula is C26H22FN3O2. The van der Waals surface area contributed by atoms with Crippen LogP contribution >= 0.6 is 0 Å². The predicted octanol–water partition coefficient (Wildman–Crippen LogP) is 4.19. The second-order valence-electron chi connectivity index (χ2n) is 9.70. The van der Waals surface area contributed by atoms with E-state index in [1.165, 1.54) is 12.1 Å². The lowest BCUT2D eigenvalue weighted by Gasteiger charge is -2.57. The number of aliphatic hydroxyl groups is 1. The Bertz CT molecular complexity index is 1290. The number of fused-ring (bicyclic) bond motifs is 1. The summed E-state index contributed by atoms with van der Waals surface area (Å²) in [4.78, 5) is 19.7. The van der Waals surface area contributed by atoms with Crippen LogP contribution in [0.1, 0.15) is 41.6 Å². The average Bonchev–Trinajstić information content (AvgIpc) is 3.55. The molecule has 2 saturated carbocycles. The SMILES string of the molecule is N#CC1(c2ccc(-c3c(C(=O)N4CC5(CC(O)C5)C4)cnc4ccc(F)cc34)cc2)CC1. The molecule has 2 heterocycles. The lowest BCUT2D eigenvalue weighted by Crippen LogP contribution is -2.65. The summed E-state index contributed by atoms with van der Waals surface area (Å²) in [5.41, 5.74) is 3.20. The van der Waals surface area contributed by atoms with Crippen LogP contribution in [0.15, 0.2) is 48.7 Å². The summed E-state index contributed by atoms with van der Waals surface area (Å²) in [5, 5.41) is 19.8. The van der Waals surface area contributed by atoms with Gasteiger partial charge >= 0.3 is 0 Å². The Morgan fingerprint density at radius 2 is 1.88 bits per heavy atom. The van der Waals surface area contributed by atoms with Crippen molar-refractivity contribution < 1.29 is 14.3 Å². The van der Waals surface area contributed by atoms with Crippen LogP contribution in [0.3, 0.4) is 0 Å². The number of carbonyl (C=O) groups is 1. The van der Waals surface area contributed by atoms with Gasteiger partial charge in [-0.1, -0.05) is 24.3 Å². The summed E-state index contributed by atoms with van der Waals surface area (Å²) in [6.45, 7) is 1.26. The summed E-state index contributed by atoms with van der Waals surface area (Å²) in [7, 11) is 0. The zero-order valence-corrected chi connectivity index (χ0v) is 17.5. The molecule has 6 rings (SSSR count). The molecule has 0 bridgehead atoms. The van der Waals surface area contributed by atoms with E-state index in [1.807, 2.05) is 24.3 Å². The Morgan fingerprint density at radius 1 is 1.16 bits per heavy atom. The predicted molar refractivity (Wildman–Crippen MR) is 117 cm³/mol. The van der Waals surface area contributed by atoms with Crippen molar-refractivity contribution in [2.24, 2.45) is 5.41 Å². The van der Waals surface area contributed by atoms with Crippen molar-refractivity contribution >= 4 is 16.8 Å². The number of hydrogen-bond donors (Lipinski definition) is 1. The van der Waals surface area contributed by atoms with Crippen LogP contribution in [0.2, 0.25) is 0 Å². The topological polar surface area (TPSA) is 77.2 Å². The van der Waals surface area contributed by atoms with Crippen LogP contribution in [-0.4, -0.2) is 40.1 Å². The monoisotopic (exact) mass is 427 g/mol. The van der Waals surface area contributed by atoms with Gasteiger partial charge in [0.25, 0.3) is 5.91 Å². The summed E-state index contributed by atoms with van der Waals surface area (Å²) < 4.78 is 14.2. The van der Waals surface area contributed by atoms with Gasteiger partial charge in [0.1, 0.15) is 5.82 Å². The van der Waals surface area contributed by atoms with Gasteiger partial charge in [0.05, 0.1) is 28.7 Å². The standard InChI is InChI=1S/C26H22FN3O2/c27-18-5-6-22-20(9-18)23(16-1-3-17(4-2-16)26(13-28)7-8-26)21(12-29-22)24(32)30-14-25(15-30)10-19(31)11-25/h1-6,9,12,19,31H,7-8,10-11,14-15H2. The number of rotatable bonds is 3. The van der Waals surface area contributed by atoms with E-state index >= 15 is 0 Å². The molecule has 1 aliphatic heterocycles. The van der Waals surface area contributed by atoms with Gasteiger partial charge in [0, 0.05) is 35.7 Å². The first-order chi connectivity index (χ1) is 15.4. The van der Waals surface area contributed by atoms with Crippen molar-refractivity contribution in [1.82, 2.24) is 9.88 Å². The highest BCUT2D eigenvalue weighted by atomic mass is 19.1. The number of nitrogens with zero attached hydrogens (tertiary/aromatic N) is 3. The van der Waals surface area contributed by atoms with Crippen LogP contribution in [-0.2, 0) is 5.41 Å². The highest BCUT2D eigenvalue weighted by Crippen LogP contribution is 2.50. The molecule has 0 unspecified atom stereocenters. The van der Waals surface area contributed by atoms with E-state index in [4.69, 9.17) is 0 Å². The maximum atomic E-state index is 14.2. The minimum absolute atomic E-state index is 0.0587. The number of carbonyl (C=O) groups excluding carboxylic acids is 1. The number of pyridine rings is 1. The fourth-order valence-electron chi connectivity index (χ4n) is 5.46. The van der Waals surface area contributed by atoms with Crippen LogP contribution in [0.5, 0.6) is 0 Å². The van der Waals surface area contributed by atoms with Crippen LogP contribution < -0.4 is 0 Å². The number of amides is 1. The molecule has 2 aliphatic carbocycles. The van der Waals surface area contributed by atoms with Gasteiger partial charge < -0.3 is 10.0 Å². The molecule has 3 aliphatic rings. The van der Waals surface area contributed by atoms with Gasteiger partial charge in [-0.15, -0.1) is 0 Å². The first-order valence-electron chi connectivity index (χ1n) is 11.0. The molecule has 1 aromatic heterocycles. The number of hydrogen-bond acceptors (Lipinski definition) is 4. The highest BCUT2D eigenvalue weighted by Gasteiger charge is 2.53. The van der Waals surface area contributed by atoms with E-state index in [9.17, 15) is 19.6 Å². The lowest BCUT2D eigenvalue weighted by atomic mass is 9.62. The van der Waals surface area contributed by atoms with Gasteiger partial charge in [-0.2, -0.15) is 5.26 Å². The minimum Gasteiger partial charge on any atom is -0.393 e. The van der Waals surface area contributed by atoms with Crippen molar-refractivity contribution in [3.63, 3.8) is 0 Å². The van der Waals surface area contributed by atoms with Gasteiger partial charge in [0.15, 0.2) is 0 Å². The minimum atomic E-state index is -0.386. The summed E-state index contributed by atoms with van der Waals surface area (Å²) >= 11 is 0. The molecule has 0 radical (unpaired) electrons. The molecule has 1 saturated heterocycles. The Kier molecular flexibility index (Phi) is 4.00. The zero-order chi connectivity index (χ0) is 22.1. The van der Waals surface area contributed by atoms with Crippen LogP contribution in [0, 0.1) is 22.6 Å². The van der Waals surface area contributed by atoms with Gasteiger partial charge in [0.2, 0.25) is 0 Å². The largest absolute Gasteiger partial charge is 0.393 e. The second kappa shape index (κ2) is 6.60. The second-order valence-corrected chi connectivity index (χ2v) is 9.70. The van der Waals surface area contributed by atoms with E-state index in [2.05, 4.69) is 11.1 Å². The molecule has 5 nitrogen and oxygen atoms in total. The van der Waals surface area contributed by atoms with E-state index in [-0.39, 0.29) is 28.7 Å². The fraction of sp³-hybridized carbons (Fsp3) is 0.346. The molecule has 1 amide bonds. The summed E-state index contributed by atoms with van der Waals surface area (Å²) in [6, 6.07) is 14.6. The Hall–Kier alpha value is -3.30. The fourth-order valence-corrected chi connectivity index (χ4v) is 5.46. The van der Waals surface area contributed by atoms with Crippen molar-refractivity contribution in [3.8, 4) is 17.2 Å². The molecular weight excluding hydrogens is 405 g/mol. The first-order valence-corrected chi connectivity index (χ1v) is 11.0. The third-order valence-corrected chi connectivity index (χ3v) is 7.43. The van der Waals surface area contributed by atoms with Crippen molar-refractivity contribution in [3.05, 3.63) is 65.6 Å². The number of nitriles is 1. The number of aromatic nitrogens is 1. The molecule has 2 aromatic carbocycles. The average molecular weight is 427 g/mol. The molecule has 1 N–H and O–H groups in total. The zero-order valence-electron chi connectivity index (χ0n) is 17.5. The molecule has 160 valence electrons. The Morgan fingerprint density at radius 3 is 2.50 bits per heavy atom. The maximum absolute atomic E-state index is 14.2. The highest BCUT2D eigenvalue weighted by molar-refractivity contribution is 6.09. The Balaban J connectivity index is 1.42. The smallest absolute Gasteiger partial charge is 0.256 e. The van der Waals surface area contributed by atoms with Crippen molar-refractivity contribution in [2.75, 3.05) is 13.1 Å². The third-order valence-electron chi connectivity index (χ3n) is 7.43. The molecule has 6 heteroatoms. The lowest BCUT2D eigenvalue weighted by molar-refractivity contribution is -0.113. The number of likely N-dealkylation sites (tertiary alicyclic amines) is 1. The molecule has 1 spiro atoms. The number of halogens is 1. The molecule has 3 fully saturated rings. The van der Waals surface area contributed by atoms with Crippen LogP contribution in [0.25, 0.3) is 22.0 Å². The summed E-state index contributed by atoms with van der Waals surface area (Å²) in [6.07, 6.45) is 4.54.